The summed E-state index contributed by atoms with van der Waals surface area (Å²) in [6, 6.07) is 10.1. The molecule has 4 aromatic rings. The van der Waals surface area contributed by atoms with Crippen LogP contribution in [0.4, 0.5) is 15.6 Å². The van der Waals surface area contributed by atoms with Crippen molar-refractivity contribution in [1.29, 1.82) is 0 Å². The van der Waals surface area contributed by atoms with Crippen molar-refractivity contribution in [1.82, 2.24) is 19.9 Å². The number of carbonyl (C=O) groups is 2. The van der Waals surface area contributed by atoms with Crippen LogP contribution < -0.4 is 20.7 Å². The van der Waals surface area contributed by atoms with Gasteiger partial charge in [0.05, 0.1) is 35.5 Å². The van der Waals surface area contributed by atoms with E-state index in [-0.39, 0.29) is 17.5 Å². The van der Waals surface area contributed by atoms with E-state index in [1.807, 2.05) is 6.07 Å². The number of nitrogens with zero attached hydrogens (tertiary/aromatic N) is 5. The topological polar surface area (TPSA) is 145 Å². The van der Waals surface area contributed by atoms with Gasteiger partial charge in [-0.05, 0) is 24.3 Å². The normalized spacial score (nSPS) is 13.6. The lowest BCUT2D eigenvalue weighted by atomic mass is 10.2. The maximum atomic E-state index is 12.8. The van der Waals surface area contributed by atoms with Gasteiger partial charge in [0.1, 0.15) is 5.69 Å². The molecule has 1 saturated heterocycles. The average molecular weight is 478 g/mol. The largest absolute Gasteiger partial charge is 0.411 e. The van der Waals surface area contributed by atoms with E-state index in [4.69, 9.17) is 15.2 Å². The Labute approximate surface area is 197 Å². The Morgan fingerprint density at radius 3 is 2.71 bits per heavy atom. The zero-order chi connectivity index (χ0) is 23.5. The van der Waals surface area contributed by atoms with Gasteiger partial charge in [-0.3, -0.25) is 4.79 Å². The molecule has 2 amide bonds. The molecule has 0 radical (unpaired) electrons. The van der Waals surface area contributed by atoms with E-state index in [0.29, 0.717) is 35.8 Å². The summed E-state index contributed by atoms with van der Waals surface area (Å²) in [5.41, 5.74) is 7.59. The number of anilines is 2. The van der Waals surface area contributed by atoms with Crippen molar-refractivity contribution in [2.75, 3.05) is 36.5 Å². The van der Waals surface area contributed by atoms with Gasteiger partial charge in [-0.1, -0.05) is 17.4 Å². The van der Waals surface area contributed by atoms with E-state index in [1.165, 1.54) is 23.6 Å². The van der Waals surface area contributed by atoms with Crippen LogP contribution in [0.2, 0.25) is 0 Å². The predicted molar refractivity (Wildman–Crippen MR) is 126 cm³/mol. The van der Waals surface area contributed by atoms with Gasteiger partial charge in [-0.2, -0.15) is 4.98 Å². The monoisotopic (exact) mass is 477 g/mol. The quantitative estimate of drug-likeness (QED) is 0.443. The second-order valence-electron chi connectivity index (χ2n) is 7.31. The molecular formula is C22H19N7O4S. The lowest BCUT2D eigenvalue weighted by molar-refractivity contribution is 0.102. The van der Waals surface area contributed by atoms with Gasteiger partial charge in [0, 0.05) is 30.9 Å². The summed E-state index contributed by atoms with van der Waals surface area (Å²) in [5, 5.41) is 3.74. The molecule has 0 aliphatic carbocycles. The van der Waals surface area contributed by atoms with Crippen LogP contribution in [0.3, 0.4) is 0 Å². The molecule has 5 heterocycles. The number of carbonyl (C=O) groups excluding carboxylic acids is 2. The highest BCUT2D eigenvalue weighted by Crippen LogP contribution is 2.30. The summed E-state index contributed by atoms with van der Waals surface area (Å²) in [7, 11) is 0. The molecular weight excluding hydrogens is 458 g/mol. The maximum absolute atomic E-state index is 12.8. The minimum absolute atomic E-state index is 0.0767. The third-order valence-corrected chi connectivity index (χ3v) is 6.05. The van der Waals surface area contributed by atoms with Gasteiger partial charge in [-0.15, -0.1) is 0 Å². The predicted octanol–water partition coefficient (Wildman–Crippen LogP) is 2.69. The van der Waals surface area contributed by atoms with Gasteiger partial charge >= 0.3 is 6.09 Å². The fraction of sp³-hybridized carbons (Fsp3) is 0.182. The number of hydrogen-bond donors (Lipinski definition) is 2. The van der Waals surface area contributed by atoms with Crippen molar-refractivity contribution in [2.24, 2.45) is 5.73 Å². The van der Waals surface area contributed by atoms with Crippen LogP contribution in [0.5, 0.6) is 5.88 Å². The Hall–Kier alpha value is -4.16. The Bertz CT molecular complexity index is 1350. The van der Waals surface area contributed by atoms with E-state index >= 15 is 0 Å². The highest BCUT2D eigenvalue weighted by Gasteiger charge is 2.17. The third kappa shape index (κ3) is 4.77. The number of hydrogen-bond acceptors (Lipinski definition) is 10. The summed E-state index contributed by atoms with van der Waals surface area (Å²) in [6.07, 6.45) is 2.12. The number of nitrogens with one attached hydrogen (secondary N) is 1. The van der Waals surface area contributed by atoms with Crippen LogP contribution in [0, 0.1) is 0 Å². The lowest BCUT2D eigenvalue weighted by Gasteiger charge is -2.25. The molecule has 12 heteroatoms. The SMILES string of the molecule is NC(=O)Oc1ccc(-c2cccc(C(=O)Nc3cnc4nc(N5CCOCC5)sc4c3)n2)cn1. The van der Waals surface area contributed by atoms with E-state index in [1.54, 1.807) is 30.5 Å². The summed E-state index contributed by atoms with van der Waals surface area (Å²) in [6.45, 7) is 2.94. The molecule has 4 aromatic heterocycles. The fourth-order valence-electron chi connectivity index (χ4n) is 3.38. The number of primary amides is 1. The van der Waals surface area contributed by atoms with E-state index < -0.39 is 6.09 Å². The number of fused-ring (bicyclic) bond motifs is 1. The molecule has 34 heavy (non-hydrogen) atoms. The van der Waals surface area contributed by atoms with Crippen molar-refractivity contribution >= 4 is 44.5 Å². The van der Waals surface area contributed by atoms with Crippen LogP contribution in [0.1, 0.15) is 10.5 Å². The minimum Gasteiger partial charge on any atom is -0.391 e. The standard InChI is InChI=1S/C22H19N7O4S/c23-21(31)33-18-5-4-13(11-24-18)15-2-1-3-16(27-15)20(30)26-14-10-17-19(25-12-14)28-22(34-17)29-6-8-32-9-7-29/h1-5,10-12H,6-9H2,(H2,23,31)(H,26,30). The van der Waals surface area contributed by atoms with Crippen molar-refractivity contribution in [3.63, 3.8) is 0 Å². The molecule has 5 rings (SSSR count). The van der Waals surface area contributed by atoms with Gasteiger partial charge in [0.25, 0.3) is 5.91 Å². The van der Waals surface area contributed by atoms with Crippen LogP contribution in [-0.4, -0.2) is 58.2 Å². The van der Waals surface area contributed by atoms with Crippen molar-refractivity contribution in [3.05, 3.63) is 54.5 Å². The summed E-state index contributed by atoms with van der Waals surface area (Å²) < 4.78 is 11.0. The first-order chi connectivity index (χ1) is 16.5. The Morgan fingerprint density at radius 2 is 1.94 bits per heavy atom. The fourth-order valence-corrected chi connectivity index (χ4v) is 4.39. The first-order valence-electron chi connectivity index (χ1n) is 10.4. The molecule has 1 aliphatic heterocycles. The van der Waals surface area contributed by atoms with Crippen molar-refractivity contribution < 1.29 is 19.1 Å². The van der Waals surface area contributed by atoms with E-state index in [0.717, 1.165) is 22.9 Å². The second-order valence-corrected chi connectivity index (χ2v) is 8.32. The van der Waals surface area contributed by atoms with Crippen LogP contribution in [-0.2, 0) is 4.74 Å². The van der Waals surface area contributed by atoms with Crippen molar-refractivity contribution in [2.45, 2.75) is 0 Å². The number of pyridine rings is 3. The smallest absolute Gasteiger partial charge is 0.391 e. The second kappa shape index (κ2) is 9.37. The molecule has 172 valence electrons. The first kappa shape index (κ1) is 21.7. The maximum Gasteiger partial charge on any atom is 0.411 e. The molecule has 0 atom stereocenters. The minimum atomic E-state index is -0.944. The summed E-state index contributed by atoms with van der Waals surface area (Å²) in [5.74, 6) is -0.296. The van der Waals surface area contributed by atoms with Crippen LogP contribution in [0.15, 0.2) is 48.8 Å². The molecule has 0 spiro atoms. The Kier molecular flexibility index (Phi) is 5.97. The number of nitrogens with two attached hydrogens (primary N) is 1. The lowest BCUT2D eigenvalue weighted by Crippen LogP contribution is -2.36. The Balaban J connectivity index is 1.31. The van der Waals surface area contributed by atoms with Crippen LogP contribution >= 0.6 is 11.3 Å². The molecule has 3 N–H and O–H groups in total. The van der Waals surface area contributed by atoms with Gasteiger partial charge in [0.2, 0.25) is 5.88 Å². The molecule has 0 saturated carbocycles. The zero-order valence-electron chi connectivity index (χ0n) is 17.8. The third-order valence-electron chi connectivity index (χ3n) is 4.99. The summed E-state index contributed by atoms with van der Waals surface area (Å²) in [4.78, 5) is 43.3. The number of thiazole rings is 1. The molecule has 0 bridgehead atoms. The highest BCUT2D eigenvalue weighted by atomic mass is 32.1. The highest BCUT2D eigenvalue weighted by molar-refractivity contribution is 7.22. The number of rotatable bonds is 5. The van der Waals surface area contributed by atoms with Gasteiger partial charge in [-0.25, -0.2) is 19.7 Å². The zero-order valence-corrected chi connectivity index (χ0v) is 18.6. The van der Waals surface area contributed by atoms with E-state index in [2.05, 4.69) is 30.2 Å². The van der Waals surface area contributed by atoms with E-state index in [9.17, 15) is 9.59 Å². The van der Waals surface area contributed by atoms with Crippen LogP contribution in [0.25, 0.3) is 21.6 Å². The van der Waals surface area contributed by atoms with Crippen molar-refractivity contribution in [3.8, 4) is 17.1 Å². The number of ether oxygens (including phenoxy) is 2. The number of amides is 2. The molecule has 0 aromatic carbocycles. The first-order valence-corrected chi connectivity index (χ1v) is 11.2. The van der Waals surface area contributed by atoms with Gasteiger partial charge < -0.3 is 25.4 Å². The molecule has 0 unspecified atom stereocenters. The molecule has 1 fully saturated rings. The average Bonchev–Trinajstić information content (AvgIpc) is 3.28. The van der Waals surface area contributed by atoms with Gasteiger partial charge in [0.15, 0.2) is 10.8 Å². The number of morpholine rings is 1. The summed E-state index contributed by atoms with van der Waals surface area (Å²) >= 11 is 1.53. The molecule has 1 aliphatic rings. The molecule has 11 nitrogen and oxygen atoms in total. The Morgan fingerprint density at radius 1 is 1.09 bits per heavy atom. The number of aromatic nitrogens is 4.